The molecule has 1 heterocycles. The first-order chi connectivity index (χ1) is 24.0. The van der Waals surface area contributed by atoms with Crippen molar-refractivity contribution in [1.29, 1.82) is 0 Å². The zero-order chi connectivity index (χ0) is 36.2. The molecule has 8 rings (SSSR count). The molecule has 3 aromatic rings. The summed E-state index contributed by atoms with van der Waals surface area (Å²) in [5, 5.41) is 6.61. The van der Waals surface area contributed by atoms with Gasteiger partial charge in [0.1, 0.15) is 6.61 Å². The van der Waals surface area contributed by atoms with Crippen molar-refractivity contribution in [2.45, 2.75) is 125 Å². The minimum atomic E-state index is -0.427. The summed E-state index contributed by atoms with van der Waals surface area (Å²) >= 11 is 12.8. The van der Waals surface area contributed by atoms with Gasteiger partial charge in [-0.1, -0.05) is 120 Å². The van der Waals surface area contributed by atoms with Crippen LogP contribution in [0.15, 0.2) is 66.4 Å². The summed E-state index contributed by atoms with van der Waals surface area (Å²) in [7, 11) is 0. The SMILES string of the molecule is CC1(C)CC[C@]2(C(=O)OCc3ccccc3)CC[C@]3(C)C(=CC[C@@H]4[C@@]5(C)Cc6cn(Cc7ccc(Cl)cc7Cl)nc6C(C)(C)[C@@H]5CC[C@]43C)[C@@H]2C1. The molecule has 3 saturated carbocycles. The first-order valence-electron chi connectivity index (χ1n) is 19.4. The molecule has 2 aromatic carbocycles. The van der Waals surface area contributed by atoms with Crippen LogP contribution in [-0.2, 0) is 34.5 Å². The van der Waals surface area contributed by atoms with E-state index < -0.39 is 5.41 Å². The van der Waals surface area contributed by atoms with Crippen LogP contribution in [0.4, 0.5) is 0 Å². The molecular weight excluding hydrogens is 671 g/mol. The first kappa shape index (κ1) is 35.5. The molecule has 0 radical (unpaired) electrons. The van der Waals surface area contributed by atoms with Crippen molar-refractivity contribution in [3.8, 4) is 0 Å². The summed E-state index contributed by atoms with van der Waals surface area (Å²) in [6, 6.07) is 15.9. The molecule has 0 N–H and O–H groups in total. The molecule has 5 aliphatic rings. The van der Waals surface area contributed by atoms with Crippen LogP contribution in [0.5, 0.6) is 0 Å². The van der Waals surface area contributed by atoms with Crippen LogP contribution < -0.4 is 0 Å². The molecule has 4 nitrogen and oxygen atoms in total. The van der Waals surface area contributed by atoms with Crippen LogP contribution in [0.2, 0.25) is 10.0 Å². The van der Waals surface area contributed by atoms with Gasteiger partial charge in [-0.25, -0.2) is 0 Å². The number of carbonyl (C=O) groups excluding carboxylic acids is 1. The van der Waals surface area contributed by atoms with Gasteiger partial charge in [0.2, 0.25) is 0 Å². The highest BCUT2D eigenvalue weighted by Crippen LogP contribution is 2.75. The average Bonchev–Trinajstić information content (AvgIpc) is 3.48. The Morgan fingerprint density at radius 3 is 2.41 bits per heavy atom. The van der Waals surface area contributed by atoms with Gasteiger partial charge < -0.3 is 4.74 Å². The molecule has 3 fully saturated rings. The van der Waals surface area contributed by atoms with Crippen LogP contribution in [0.1, 0.15) is 122 Å². The lowest BCUT2D eigenvalue weighted by molar-refractivity contribution is -0.182. The van der Waals surface area contributed by atoms with Gasteiger partial charge in [-0.15, -0.1) is 0 Å². The highest BCUT2D eigenvalue weighted by Gasteiger charge is 2.69. The van der Waals surface area contributed by atoms with E-state index in [1.54, 1.807) is 5.57 Å². The molecule has 6 heteroatoms. The van der Waals surface area contributed by atoms with E-state index in [0.29, 0.717) is 35.0 Å². The van der Waals surface area contributed by atoms with Crippen molar-refractivity contribution in [1.82, 2.24) is 9.78 Å². The van der Waals surface area contributed by atoms with Gasteiger partial charge in [0.05, 0.1) is 17.7 Å². The summed E-state index contributed by atoms with van der Waals surface area (Å²) in [6.07, 6.45) is 14.6. The summed E-state index contributed by atoms with van der Waals surface area (Å²) in [5.41, 5.74) is 6.40. The minimum Gasteiger partial charge on any atom is -0.460 e. The standard InChI is InChI=1S/C45H56Cl2N2O2/c1-40(2)19-21-45(39(50)51-28-29-11-9-8-10-12-29)22-20-43(6)33(34(45)25-40)15-16-37-42(5)24-31-27-49(26-30-13-14-32(46)23-35(30)47)48-38(31)41(3,4)36(42)17-18-44(37,43)7/h8-15,23,27,34,36-37H,16-22,24-26,28H2,1-7H3/t34-,36-,37+,42-,43+,44+,45-/m0/s1. The van der Waals surface area contributed by atoms with Crippen LogP contribution in [0.3, 0.4) is 0 Å². The molecular formula is C45H56Cl2N2O2. The quantitative estimate of drug-likeness (QED) is 0.194. The number of benzene rings is 2. The molecule has 0 spiro atoms. The normalized spacial score (nSPS) is 36.0. The Kier molecular flexibility index (Phi) is 8.33. The van der Waals surface area contributed by atoms with Crippen molar-refractivity contribution in [3.63, 3.8) is 0 Å². The van der Waals surface area contributed by atoms with E-state index >= 15 is 0 Å². The van der Waals surface area contributed by atoms with Gasteiger partial charge >= 0.3 is 5.97 Å². The van der Waals surface area contributed by atoms with Gasteiger partial charge in [-0.3, -0.25) is 9.48 Å². The lowest BCUT2D eigenvalue weighted by Crippen LogP contribution is -2.64. The number of allylic oxidation sites excluding steroid dienone is 2. The van der Waals surface area contributed by atoms with E-state index in [9.17, 15) is 4.79 Å². The molecule has 272 valence electrons. The summed E-state index contributed by atoms with van der Waals surface area (Å²) < 4.78 is 8.36. The zero-order valence-corrected chi connectivity index (χ0v) is 33.3. The van der Waals surface area contributed by atoms with E-state index in [2.05, 4.69) is 77.6 Å². The predicted molar refractivity (Wildman–Crippen MR) is 207 cm³/mol. The molecule has 0 unspecified atom stereocenters. The number of hydrogen-bond acceptors (Lipinski definition) is 3. The van der Waals surface area contributed by atoms with Crippen molar-refractivity contribution in [3.05, 3.63) is 98.8 Å². The Hall–Kier alpha value is -2.56. The number of rotatable bonds is 5. The van der Waals surface area contributed by atoms with E-state index in [0.717, 1.165) is 56.1 Å². The molecule has 0 aliphatic heterocycles. The van der Waals surface area contributed by atoms with E-state index in [1.807, 2.05) is 36.4 Å². The number of halogens is 2. The monoisotopic (exact) mass is 726 g/mol. The number of hydrogen-bond donors (Lipinski definition) is 0. The first-order valence-corrected chi connectivity index (χ1v) is 20.2. The number of nitrogens with zero attached hydrogens (tertiary/aromatic N) is 2. The Morgan fingerprint density at radius 1 is 0.922 bits per heavy atom. The van der Waals surface area contributed by atoms with Gasteiger partial charge in [0.25, 0.3) is 0 Å². The molecule has 0 bridgehead atoms. The Bertz CT molecular complexity index is 1890. The molecule has 1 aromatic heterocycles. The largest absolute Gasteiger partial charge is 0.460 e. The van der Waals surface area contributed by atoms with Gasteiger partial charge in [0, 0.05) is 21.7 Å². The minimum absolute atomic E-state index is 0.0382. The highest BCUT2D eigenvalue weighted by molar-refractivity contribution is 6.35. The maximum absolute atomic E-state index is 14.4. The maximum atomic E-state index is 14.4. The Morgan fingerprint density at radius 2 is 1.67 bits per heavy atom. The molecule has 7 atom stereocenters. The van der Waals surface area contributed by atoms with E-state index in [4.69, 9.17) is 33.0 Å². The average molecular weight is 728 g/mol. The van der Waals surface area contributed by atoms with E-state index in [-0.39, 0.29) is 39.0 Å². The number of ether oxygens (including phenoxy) is 1. The number of esters is 1. The topological polar surface area (TPSA) is 44.1 Å². The summed E-state index contributed by atoms with van der Waals surface area (Å²) in [6.45, 7) is 18.6. The van der Waals surface area contributed by atoms with Gasteiger partial charge in [-0.2, -0.15) is 5.10 Å². The lowest BCUT2D eigenvalue weighted by Gasteiger charge is -2.70. The third kappa shape index (κ3) is 5.34. The van der Waals surface area contributed by atoms with E-state index in [1.165, 1.54) is 24.1 Å². The van der Waals surface area contributed by atoms with Crippen LogP contribution in [0.25, 0.3) is 0 Å². The number of aromatic nitrogens is 2. The maximum Gasteiger partial charge on any atom is 0.313 e. The fourth-order valence-corrected chi connectivity index (χ4v) is 13.4. The molecule has 0 saturated heterocycles. The van der Waals surface area contributed by atoms with Crippen molar-refractivity contribution < 1.29 is 9.53 Å². The predicted octanol–water partition coefficient (Wildman–Crippen LogP) is 11.8. The third-order valence-corrected chi connectivity index (χ3v) is 16.3. The summed E-state index contributed by atoms with van der Waals surface area (Å²) in [5.74, 6) is 1.36. The number of carbonyl (C=O) groups is 1. The molecule has 51 heavy (non-hydrogen) atoms. The Labute approximate surface area is 315 Å². The summed E-state index contributed by atoms with van der Waals surface area (Å²) in [4.78, 5) is 14.4. The van der Waals surface area contributed by atoms with Crippen LogP contribution in [0, 0.1) is 44.8 Å². The second-order valence-corrected chi connectivity index (χ2v) is 20.1. The van der Waals surface area contributed by atoms with Gasteiger partial charge in [0.15, 0.2) is 0 Å². The molecule has 0 amide bonds. The fourth-order valence-electron chi connectivity index (χ4n) is 12.9. The van der Waals surface area contributed by atoms with Crippen molar-refractivity contribution >= 4 is 29.2 Å². The third-order valence-electron chi connectivity index (χ3n) is 15.8. The van der Waals surface area contributed by atoms with Crippen LogP contribution in [-0.4, -0.2) is 15.7 Å². The van der Waals surface area contributed by atoms with Gasteiger partial charge in [-0.05, 0) is 126 Å². The van der Waals surface area contributed by atoms with Crippen LogP contribution >= 0.6 is 23.2 Å². The fraction of sp³-hybridized carbons (Fsp3) is 0.600. The lowest BCUT2D eigenvalue weighted by atomic mass is 9.33. The highest BCUT2D eigenvalue weighted by atomic mass is 35.5. The second kappa shape index (κ2) is 12.0. The molecule has 5 aliphatic carbocycles. The number of fused-ring (bicyclic) bond motifs is 8. The Balaban J connectivity index is 1.13. The van der Waals surface area contributed by atoms with Crippen molar-refractivity contribution in [2.24, 2.45) is 44.8 Å². The second-order valence-electron chi connectivity index (χ2n) is 19.3. The smallest absolute Gasteiger partial charge is 0.313 e. The van der Waals surface area contributed by atoms with Crippen molar-refractivity contribution in [2.75, 3.05) is 0 Å². The zero-order valence-electron chi connectivity index (χ0n) is 31.8.